The molecule has 2 nitrogen and oxygen atoms in total. The molecule has 1 heterocycles. The maximum absolute atomic E-state index is 7.41. The molecule has 2 rings (SSSR count). The third kappa shape index (κ3) is 2.14. The van der Waals surface area contributed by atoms with Crippen LogP contribution < -0.4 is 5.73 Å². The minimum absolute atomic E-state index is 0.145. The molecule has 0 amide bonds. The zero-order valence-electron chi connectivity index (χ0n) is 9.16. The standard InChI is InChI=1S/C13H14N2S/c1-2-3-4-9-5-6-11-10(7-9)8-12(16-11)13(14)15/h3-8H,2H2,1H3,(H3,14,15). The van der Waals surface area contributed by atoms with E-state index in [0.29, 0.717) is 0 Å². The molecule has 0 radical (unpaired) electrons. The van der Waals surface area contributed by atoms with Gasteiger partial charge >= 0.3 is 0 Å². The molecule has 0 aliphatic rings. The first-order chi connectivity index (χ1) is 7.70. The molecule has 1 aromatic carbocycles. The summed E-state index contributed by atoms with van der Waals surface area (Å²) in [5, 5.41) is 8.57. The van der Waals surface area contributed by atoms with Gasteiger partial charge in [0.1, 0.15) is 5.84 Å². The molecule has 0 fully saturated rings. The smallest absolute Gasteiger partial charge is 0.133 e. The number of nitrogens with two attached hydrogens (primary N) is 1. The normalized spacial score (nSPS) is 11.3. The maximum atomic E-state index is 7.41. The van der Waals surface area contributed by atoms with E-state index >= 15 is 0 Å². The summed E-state index contributed by atoms with van der Waals surface area (Å²) in [7, 11) is 0. The largest absolute Gasteiger partial charge is 0.383 e. The summed E-state index contributed by atoms with van der Waals surface area (Å²) in [6.07, 6.45) is 5.30. The van der Waals surface area contributed by atoms with Crippen LogP contribution in [-0.2, 0) is 0 Å². The molecule has 0 saturated heterocycles. The van der Waals surface area contributed by atoms with Gasteiger partial charge in [-0.25, -0.2) is 0 Å². The van der Waals surface area contributed by atoms with Crippen LogP contribution in [0, 0.1) is 5.41 Å². The van der Waals surface area contributed by atoms with Crippen LogP contribution in [0.2, 0.25) is 0 Å². The highest BCUT2D eigenvalue weighted by molar-refractivity contribution is 7.20. The maximum Gasteiger partial charge on any atom is 0.133 e. The minimum Gasteiger partial charge on any atom is -0.383 e. The number of hydrogen-bond donors (Lipinski definition) is 2. The fraction of sp³-hybridized carbons (Fsp3) is 0.154. The molecule has 2 aromatic rings. The molecule has 0 atom stereocenters. The van der Waals surface area contributed by atoms with Crippen LogP contribution in [0.25, 0.3) is 16.2 Å². The monoisotopic (exact) mass is 230 g/mol. The summed E-state index contributed by atoms with van der Waals surface area (Å²) in [4.78, 5) is 0.839. The summed E-state index contributed by atoms with van der Waals surface area (Å²) in [6.45, 7) is 2.12. The average Bonchev–Trinajstić information content (AvgIpc) is 2.69. The first-order valence-electron chi connectivity index (χ1n) is 5.25. The first-order valence-corrected chi connectivity index (χ1v) is 6.07. The van der Waals surface area contributed by atoms with Crippen LogP contribution in [0.4, 0.5) is 0 Å². The van der Waals surface area contributed by atoms with Gasteiger partial charge in [-0.3, -0.25) is 5.41 Å². The predicted molar refractivity (Wildman–Crippen MR) is 72.2 cm³/mol. The Balaban J connectivity index is 2.45. The van der Waals surface area contributed by atoms with E-state index in [0.717, 1.165) is 16.7 Å². The Bertz CT molecular complexity index is 552. The van der Waals surface area contributed by atoms with Gasteiger partial charge < -0.3 is 5.73 Å². The second-order valence-electron chi connectivity index (χ2n) is 3.63. The van der Waals surface area contributed by atoms with E-state index in [-0.39, 0.29) is 5.84 Å². The molecular weight excluding hydrogens is 216 g/mol. The summed E-state index contributed by atoms with van der Waals surface area (Å²) < 4.78 is 1.18. The van der Waals surface area contributed by atoms with Crippen molar-refractivity contribution in [2.24, 2.45) is 5.73 Å². The lowest BCUT2D eigenvalue weighted by atomic mass is 10.1. The second kappa shape index (κ2) is 4.49. The van der Waals surface area contributed by atoms with E-state index in [9.17, 15) is 0 Å². The van der Waals surface area contributed by atoms with Crippen molar-refractivity contribution in [3.63, 3.8) is 0 Å². The molecular formula is C13H14N2S. The fourth-order valence-corrected chi connectivity index (χ4v) is 2.46. The number of rotatable bonds is 3. The molecule has 0 aliphatic heterocycles. The lowest BCUT2D eigenvalue weighted by Gasteiger charge is -1.93. The van der Waals surface area contributed by atoms with Crippen molar-refractivity contribution in [3.8, 4) is 0 Å². The molecule has 1 aromatic heterocycles. The molecule has 0 unspecified atom stereocenters. The van der Waals surface area contributed by atoms with Crippen molar-refractivity contribution in [2.75, 3.05) is 0 Å². The van der Waals surface area contributed by atoms with E-state index in [1.807, 2.05) is 6.07 Å². The lowest BCUT2D eigenvalue weighted by molar-refractivity contribution is 1.23. The summed E-state index contributed by atoms with van der Waals surface area (Å²) in [5.74, 6) is 0.145. The van der Waals surface area contributed by atoms with Crippen LogP contribution in [0.5, 0.6) is 0 Å². The molecule has 82 valence electrons. The average molecular weight is 230 g/mol. The van der Waals surface area contributed by atoms with E-state index in [1.165, 1.54) is 10.3 Å². The van der Waals surface area contributed by atoms with Gasteiger partial charge in [0, 0.05) is 4.70 Å². The third-order valence-electron chi connectivity index (χ3n) is 2.35. The van der Waals surface area contributed by atoms with Gasteiger partial charge in [0.05, 0.1) is 4.88 Å². The summed E-state index contributed by atoms with van der Waals surface area (Å²) in [5.41, 5.74) is 6.67. The molecule has 0 bridgehead atoms. The van der Waals surface area contributed by atoms with Crippen LogP contribution >= 0.6 is 11.3 Å². The highest BCUT2D eigenvalue weighted by Gasteiger charge is 2.03. The van der Waals surface area contributed by atoms with Crippen molar-refractivity contribution in [3.05, 3.63) is 40.8 Å². The number of fused-ring (bicyclic) bond motifs is 1. The van der Waals surface area contributed by atoms with E-state index in [1.54, 1.807) is 11.3 Å². The van der Waals surface area contributed by atoms with Crippen molar-refractivity contribution < 1.29 is 0 Å². The molecule has 0 aliphatic carbocycles. The van der Waals surface area contributed by atoms with Crippen LogP contribution in [0.15, 0.2) is 30.3 Å². The number of amidine groups is 1. The number of hydrogen-bond acceptors (Lipinski definition) is 2. The molecule has 0 spiro atoms. The van der Waals surface area contributed by atoms with Gasteiger partial charge in [0.2, 0.25) is 0 Å². The van der Waals surface area contributed by atoms with Crippen LogP contribution in [0.1, 0.15) is 23.8 Å². The SMILES string of the molecule is CCC=Cc1ccc2sc(C(=N)N)cc2c1. The Kier molecular flexibility index (Phi) is 3.06. The quantitative estimate of drug-likeness (QED) is 0.614. The highest BCUT2D eigenvalue weighted by Crippen LogP contribution is 2.26. The predicted octanol–water partition coefficient (Wildman–Crippen LogP) is 3.61. The Morgan fingerprint density at radius 3 is 2.94 bits per heavy atom. The van der Waals surface area contributed by atoms with E-state index < -0.39 is 0 Å². The van der Waals surface area contributed by atoms with E-state index in [4.69, 9.17) is 11.1 Å². The van der Waals surface area contributed by atoms with Gasteiger partial charge in [-0.1, -0.05) is 25.1 Å². The van der Waals surface area contributed by atoms with Crippen molar-refractivity contribution in [1.29, 1.82) is 5.41 Å². The third-order valence-corrected chi connectivity index (χ3v) is 3.50. The van der Waals surface area contributed by atoms with Gasteiger partial charge in [-0.15, -0.1) is 11.3 Å². The number of benzene rings is 1. The Morgan fingerprint density at radius 2 is 2.25 bits per heavy atom. The summed E-state index contributed by atoms with van der Waals surface area (Å²) in [6, 6.07) is 8.28. The highest BCUT2D eigenvalue weighted by atomic mass is 32.1. The van der Waals surface area contributed by atoms with Crippen LogP contribution in [0.3, 0.4) is 0 Å². The van der Waals surface area contributed by atoms with Crippen molar-refractivity contribution in [1.82, 2.24) is 0 Å². The first kappa shape index (κ1) is 10.9. The van der Waals surface area contributed by atoms with Crippen LogP contribution in [-0.4, -0.2) is 5.84 Å². The van der Waals surface area contributed by atoms with Gasteiger partial charge in [-0.2, -0.15) is 0 Å². The Morgan fingerprint density at radius 1 is 1.44 bits per heavy atom. The van der Waals surface area contributed by atoms with Gasteiger partial charge in [-0.05, 0) is 35.6 Å². The molecule has 16 heavy (non-hydrogen) atoms. The summed E-state index contributed by atoms with van der Waals surface area (Å²) >= 11 is 1.56. The fourth-order valence-electron chi connectivity index (χ4n) is 1.55. The molecule has 3 N–H and O–H groups in total. The Labute approximate surface area is 98.9 Å². The molecule has 0 saturated carbocycles. The number of nitrogen functional groups attached to an aromatic ring is 1. The topological polar surface area (TPSA) is 49.9 Å². The number of allylic oxidation sites excluding steroid dienone is 1. The van der Waals surface area contributed by atoms with Crippen molar-refractivity contribution in [2.45, 2.75) is 13.3 Å². The minimum atomic E-state index is 0.145. The van der Waals surface area contributed by atoms with Gasteiger partial charge in [0.25, 0.3) is 0 Å². The number of nitrogens with one attached hydrogen (secondary N) is 1. The zero-order chi connectivity index (χ0) is 11.5. The number of thiophene rings is 1. The zero-order valence-corrected chi connectivity index (χ0v) is 9.97. The van der Waals surface area contributed by atoms with E-state index in [2.05, 4.69) is 37.3 Å². The van der Waals surface area contributed by atoms with Gasteiger partial charge in [0.15, 0.2) is 0 Å². The molecule has 3 heteroatoms. The van der Waals surface area contributed by atoms with Crippen molar-refractivity contribution >= 4 is 33.3 Å². The Hall–Kier alpha value is -1.61. The lowest BCUT2D eigenvalue weighted by Crippen LogP contribution is -2.08. The second-order valence-corrected chi connectivity index (χ2v) is 4.72.